The Labute approximate surface area is 143 Å². The van der Waals surface area contributed by atoms with Crippen LogP contribution in [0.25, 0.3) is 11.5 Å². The maximum absolute atomic E-state index is 12.2. The molecule has 8 nitrogen and oxygen atoms in total. The molecule has 24 heavy (non-hydrogen) atoms. The van der Waals surface area contributed by atoms with Gasteiger partial charge in [0.05, 0.1) is 22.8 Å². The summed E-state index contributed by atoms with van der Waals surface area (Å²) >= 11 is 1.13. The minimum atomic E-state index is -3.02. The van der Waals surface area contributed by atoms with Crippen molar-refractivity contribution in [1.29, 1.82) is 0 Å². The lowest BCUT2D eigenvalue weighted by molar-refractivity contribution is -0.128. The van der Waals surface area contributed by atoms with Gasteiger partial charge in [0.25, 0.3) is 5.22 Å². The number of hydrogen-bond donors (Lipinski definition) is 0. The molecule has 3 rings (SSSR count). The van der Waals surface area contributed by atoms with Crippen molar-refractivity contribution < 1.29 is 17.6 Å². The number of carbonyl (C=O) groups excluding carboxylic acids is 1. The summed E-state index contributed by atoms with van der Waals surface area (Å²) < 4.78 is 28.5. The van der Waals surface area contributed by atoms with Crippen LogP contribution in [0, 0.1) is 0 Å². The summed E-state index contributed by atoms with van der Waals surface area (Å²) in [6, 6.07) is 3.31. The minimum absolute atomic E-state index is 0.0334. The van der Waals surface area contributed by atoms with Crippen molar-refractivity contribution in [2.24, 2.45) is 0 Å². The number of sulfone groups is 1. The summed E-state index contributed by atoms with van der Waals surface area (Å²) in [4.78, 5) is 17.7. The van der Waals surface area contributed by atoms with Crippen molar-refractivity contribution in [1.82, 2.24) is 20.1 Å². The molecule has 1 aliphatic rings. The topological polar surface area (TPSA) is 106 Å². The molecule has 0 N–H and O–H groups in total. The second-order valence-corrected chi connectivity index (χ2v) is 8.62. The molecule has 1 aliphatic heterocycles. The molecule has 0 unspecified atom stereocenters. The van der Waals surface area contributed by atoms with Gasteiger partial charge in [0.1, 0.15) is 0 Å². The van der Waals surface area contributed by atoms with Crippen LogP contribution in [0.4, 0.5) is 0 Å². The van der Waals surface area contributed by atoms with Crippen LogP contribution < -0.4 is 0 Å². The Balaban J connectivity index is 1.56. The van der Waals surface area contributed by atoms with Gasteiger partial charge >= 0.3 is 0 Å². The fourth-order valence-corrected chi connectivity index (χ4v) is 4.85. The van der Waals surface area contributed by atoms with Gasteiger partial charge in [-0.25, -0.2) is 8.42 Å². The molecule has 10 heteroatoms. The first-order chi connectivity index (χ1) is 11.4. The summed E-state index contributed by atoms with van der Waals surface area (Å²) in [6.45, 7) is 0. The number of carbonyl (C=O) groups is 1. The highest BCUT2D eigenvalue weighted by molar-refractivity contribution is 7.99. The van der Waals surface area contributed by atoms with Crippen molar-refractivity contribution in [3.05, 3.63) is 24.5 Å². The number of amides is 1. The van der Waals surface area contributed by atoms with Gasteiger partial charge in [-0.3, -0.25) is 9.78 Å². The summed E-state index contributed by atoms with van der Waals surface area (Å²) in [6.07, 6.45) is 3.75. The third-order valence-electron chi connectivity index (χ3n) is 3.78. The van der Waals surface area contributed by atoms with Gasteiger partial charge in [0, 0.05) is 25.5 Å². The smallest absolute Gasteiger partial charge is 0.277 e. The second kappa shape index (κ2) is 6.89. The van der Waals surface area contributed by atoms with Crippen molar-refractivity contribution in [3.8, 4) is 11.5 Å². The lowest BCUT2D eigenvalue weighted by Crippen LogP contribution is -2.38. The Hall–Kier alpha value is -1.94. The number of nitrogens with zero attached hydrogens (tertiary/aromatic N) is 4. The van der Waals surface area contributed by atoms with E-state index in [-0.39, 0.29) is 34.4 Å². The Bertz CT molecular complexity index is 822. The molecule has 2 aromatic heterocycles. The SMILES string of the molecule is CN(C(=O)CSc1nnc(-c2cccnc2)o1)[C@@H]1CCS(=O)(=O)C1. The first-order valence-electron chi connectivity index (χ1n) is 7.27. The summed E-state index contributed by atoms with van der Waals surface area (Å²) in [5, 5.41) is 8.11. The zero-order valence-corrected chi connectivity index (χ0v) is 14.6. The molecule has 0 radical (unpaired) electrons. The van der Waals surface area contributed by atoms with Gasteiger partial charge in [0.2, 0.25) is 11.8 Å². The molecule has 1 amide bonds. The molecule has 1 fully saturated rings. The predicted octanol–water partition coefficient (Wildman–Crippen LogP) is 0.869. The average Bonchev–Trinajstić information content (AvgIpc) is 3.19. The molecule has 0 saturated carbocycles. The van der Waals surface area contributed by atoms with Crippen molar-refractivity contribution in [3.63, 3.8) is 0 Å². The van der Waals surface area contributed by atoms with Crippen LogP contribution in [0.3, 0.4) is 0 Å². The number of hydrogen-bond acceptors (Lipinski definition) is 8. The Kier molecular flexibility index (Phi) is 4.86. The van der Waals surface area contributed by atoms with Crippen LogP contribution in [0.1, 0.15) is 6.42 Å². The fraction of sp³-hybridized carbons (Fsp3) is 0.429. The molecular formula is C14H16N4O4S2. The van der Waals surface area contributed by atoms with Crippen LogP contribution in [0.15, 0.2) is 34.2 Å². The lowest BCUT2D eigenvalue weighted by Gasteiger charge is -2.22. The zero-order valence-electron chi connectivity index (χ0n) is 13.0. The number of pyridine rings is 1. The van der Waals surface area contributed by atoms with E-state index in [1.54, 1.807) is 31.6 Å². The zero-order chi connectivity index (χ0) is 17.2. The molecule has 0 aliphatic carbocycles. The molecular weight excluding hydrogens is 352 g/mol. The van der Waals surface area contributed by atoms with E-state index in [1.165, 1.54) is 4.90 Å². The maximum atomic E-state index is 12.2. The summed E-state index contributed by atoms with van der Waals surface area (Å²) in [5.41, 5.74) is 0.705. The monoisotopic (exact) mass is 368 g/mol. The van der Waals surface area contributed by atoms with E-state index in [0.29, 0.717) is 17.9 Å². The van der Waals surface area contributed by atoms with Crippen LogP contribution >= 0.6 is 11.8 Å². The van der Waals surface area contributed by atoms with E-state index in [1.807, 2.05) is 0 Å². The van der Waals surface area contributed by atoms with E-state index in [4.69, 9.17) is 4.42 Å². The van der Waals surface area contributed by atoms with Gasteiger partial charge < -0.3 is 9.32 Å². The molecule has 1 atom stereocenters. The molecule has 0 aromatic carbocycles. The number of thioether (sulfide) groups is 1. The van der Waals surface area contributed by atoms with Crippen LogP contribution in [-0.2, 0) is 14.6 Å². The van der Waals surface area contributed by atoms with E-state index in [2.05, 4.69) is 15.2 Å². The molecule has 1 saturated heterocycles. The number of rotatable bonds is 5. The average molecular weight is 368 g/mol. The third kappa shape index (κ3) is 3.93. The summed E-state index contributed by atoms with van der Waals surface area (Å²) in [7, 11) is -1.39. The van der Waals surface area contributed by atoms with E-state index >= 15 is 0 Å². The minimum Gasteiger partial charge on any atom is -0.411 e. The van der Waals surface area contributed by atoms with Crippen LogP contribution in [0.2, 0.25) is 0 Å². The molecule has 128 valence electrons. The second-order valence-electron chi connectivity index (χ2n) is 5.47. The highest BCUT2D eigenvalue weighted by Crippen LogP contribution is 2.23. The summed E-state index contributed by atoms with van der Waals surface area (Å²) in [5.74, 6) is 0.463. The van der Waals surface area contributed by atoms with E-state index in [0.717, 1.165) is 11.8 Å². The van der Waals surface area contributed by atoms with Gasteiger partial charge in [-0.15, -0.1) is 10.2 Å². The molecule has 3 heterocycles. The lowest BCUT2D eigenvalue weighted by atomic mass is 10.2. The number of aromatic nitrogens is 3. The molecule has 2 aromatic rings. The van der Waals surface area contributed by atoms with Gasteiger partial charge in [-0.1, -0.05) is 11.8 Å². The van der Waals surface area contributed by atoms with Crippen molar-refractivity contribution in [2.45, 2.75) is 17.7 Å². The quantitative estimate of drug-likeness (QED) is 0.716. The Morgan fingerprint density at radius 2 is 2.29 bits per heavy atom. The standard InChI is InChI=1S/C14H16N4O4S2/c1-18(11-4-6-24(20,21)9-11)12(19)8-23-14-17-16-13(22-14)10-3-2-5-15-7-10/h2-3,5,7,11H,4,6,8-9H2,1H3/t11-/m1/s1. The van der Waals surface area contributed by atoms with Crippen molar-refractivity contribution >= 4 is 27.5 Å². The first-order valence-corrected chi connectivity index (χ1v) is 10.1. The predicted molar refractivity (Wildman–Crippen MR) is 88.1 cm³/mol. The van der Waals surface area contributed by atoms with Gasteiger partial charge in [0.15, 0.2) is 9.84 Å². The van der Waals surface area contributed by atoms with Gasteiger partial charge in [-0.05, 0) is 18.6 Å². The Morgan fingerprint density at radius 3 is 2.96 bits per heavy atom. The Morgan fingerprint density at radius 1 is 1.46 bits per heavy atom. The highest BCUT2D eigenvalue weighted by atomic mass is 32.2. The molecule has 0 bridgehead atoms. The largest absolute Gasteiger partial charge is 0.411 e. The highest BCUT2D eigenvalue weighted by Gasteiger charge is 2.32. The maximum Gasteiger partial charge on any atom is 0.277 e. The first kappa shape index (κ1) is 16.9. The van der Waals surface area contributed by atoms with Crippen molar-refractivity contribution in [2.75, 3.05) is 24.3 Å². The van der Waals surface area contributed by atoms with Gasteiger partial charge in [-0.2, -0.15) is 0 Å². The third-order valence-corrected chi connectivity index (χ3v) is 6.34. The van der Waals surface area contributed by atoms with E-state index in [9.17, 15) is 13.2 Å². The van der Waals surface area contributed by atoms with Crippen LogP contribution in [-0.4, -0.2) is 64.8 Å². The van der Waals surface area contributed by atoms with E-state index < -0.39 is 9.84 Å². The molecule has 0 spiro atoms. The van der Waals surface area contributed by atoms with Crippen LogP contribution in [0.5, 0.6) is 0 Å². The fourth-order valence-electron chi connectivity index (χ4n) is 2.38. The normalized spacial score (nSPS) is 19.3.